The molecule has 2 atom stereocenters. The van der Waals surface area contributed by atoms with E-state index in [0.717, 1.165) is 5.56 Å². The number of methoxy groups -OCH3 is 3. The third-order valence-electron chi connectivity index (χ3n) is 3.98. The molecule has 0 unspecified atom stereocenters. The quantitative estimate of drug-likeness (QED) is 0.783. The van der Waals surface area contributed by atoms with Crippen LogP contribution in [0, 0.1) is 0 Å². The smallest absolute Gasteiger partial charge is 0.335 e. The molecule has 6 nitrogen and oxygen atoms in total. The fraction of sp³-hybridized carbons (Fsp3) is 0.263. The van der Waals surface area contributed by atoms with E-state index in [1.54, 1.807) is 14.2 Å². The van der Waals surface area contributed by atoms with Crippen LogP contribution in [0.15, 0.2) is 53.5 Å². The fourth-order valence-electron chi connectivity index (χ4n) is 2.73. The highest BCUT2D eigenvalue weighted by Gasteiger charge is 2.39. The molecule has 0 aromatic heterocycles. The van der Waals surface area contributed by atoms with Crippen LogP contribution >= 0.6 is 0 Å². The molecule has 130 valence electrons. The zero-order chi connectivity index (χ0) is 17.8. The Bertz CT molecular complexity index is 802. The Morgan fingerprint density at radius 1 is 1.04 bits per heavy atom. The van der Waals surface area contributed by atoms with E-state index in [1.165, 1.54) is 7.11 Å². The fourth-order valence-corrected chi connectivity index (χ4v) is 2.73. The summed E-state index contributed by atoms with van der Waals surface area (Å²) in [4.78, 5) is 16.7. The summed E-state index contributed by atoms with van der Waals surface area (Å²) < 4.78 is 21.5. The second kappa shape index (κ2) is 7.25. The van der Waals surface area contributed by atoms with Gasteiger partial charge in [-0.3, -0.25) is 0 Å². The summed E-state index contributed by atoms with van der Waals surface area (Å²) >= 11 is 0. The highest BCUT2D eigenvalue weighted by atomic mass is 16.5. The number of aliphatic imine (C=N–C) groups is 1. The maximum atomic E-state index is 12.2. The molecule has 0 spiro atoms. The molecule has 0 aliphatic carbocycles. The van der Waals surface area contributed by atoms with Crippen molar-refractivity contribution in [2.24, 2.45) is 4.99 Å². The van der Waals surface area contributed by atoms with Crippen molar-refractivity contribution >= 4 is 11.9 Å². The van der Waals surface area contributed by atoms with Gasteiger partial charge >= 0.3 is 5.97 Å². The number of para-hydroxylation sites is 1. The molecule has 2 aromatic carbocycles. The van der Waals surface area contributed by atoms with Gasteiger partial charge < -0.3 is 18.9 Å². The van der Waals surface area contributed by atoms with Gasteiger partial charge in [0.15, 0.2) is 12.1 Å². The number of carbonyl (C=O) groups excluding carboxylic acids is 1. The molecular weight excluding hydrogens is 322 g/mol. The third-order valence-corrected chi connectivity index (χ3v) is 3.98. The summed E-state index contributed by atoms with van der Waals surface area (Å²) in [6.45, 7) is 0. The summed E-state index contributed by atoms with van der Waals surface area (Å²) in [6, 6.07) is 13.9. The number of hydrogen-bond donors (Lipinski definition) is 0. The topological polar surface area (TPSA) is 66.4 Å². The monoisotopic (exact) mass is 341 g/mol. The highest BCUT2D eigenvalue weighted by molar-refractivity contribution is 6.00. The Labute approximate surface area is 146 Å². The van der Waals surface area contributed by atoms with Gasteiger partial charge in [0.1, 0.15) is 11.5 Å². The zero-order valence-corrected chi connectivity index (χ0v) is 14.3. The van der Waals surface area contributed by atoms with Gasteiger partial charge in [0.05, 0.1) is 26.9 Å². The largest absolute Gasteiger partial charge is 0.497 e. The minimum absolute atomic E-state index is 0.348. The molecule has 0 N–H and O–H groups in total. The van der Waals surface area contributed by atoms with Crippen molar-refractivity contribution in [2.75, 3.05) is 21.3 Å². The van der Waals surface area contributed by atoms with Gasteiger partial charge in [-0.15, -0.1) is 0 Å². The molecule has 1 heterocycles. The van der Waals surface area contributed by atoms with Crippen LogP contribution < -0.4 is 9.47 Å². The molecule has 6 heteroatoms. The number of esters is 1. The molecular formula is C19H19NO5. The molecule has 0 saturated heterocycles. The lowest BCUT2D eigenvalue weighted by Crippen LogP contribution is -2.25. The van der Waals surface area contributed by atoms with E-state index in [0.29, 0.717) is 23.0 Å². The SMILES string of the molecule is COC(=O)[C@H]1N=C(c2ccccc2OC)O[C@H]1c1cccc(OC)c1. The summed E-state index contributed by atoms with van der Waals surface area (Å²) in [7, 11) is 4.50. The van der Waals surface area contributed by atoms with Gasteiger partial charge in [-0.05, 0) is 29.8 Å². The van der Waals surface area contributed by atoms with Crippen molar-refractivity contribution in [3.63, 3.8) is 0 Å². The molecule has 2 aromatic rings. The minimum atomic E-state index is -0.794. The first-order valence-corrected chi connectivity index (χ1v) is 7.77. The first kappa shape index (κ1) is 16.8. The summed E-state index contributed by atoms with van der Waals surface area (Å²) in [5.74, 6) is 1.19. The van der Waals surface area contributed by atoms with Crippen LogP contribution in [0.2, 0.25) is 0 Å². The van der Waals surface area contributed by atoms with Crippen molar-refractivity contribution < 1.29 is 23.7 Å². The number of rotatable bonds is 5. The standard InChI is InChI=1S/C19H19NO5/c1-22-13-8-6-7-12(11-13)17-16(19(21)24-3)20-18(25-17)14-9-4-5-10-15(14)23-2/h4-11,16-17H,1-3H3/t16-,17-/m0/s1. The Kier molecular flexibility index (Phi) is 4.88. The number of hydrogen-bond acceptors (Lipinski definition) is 6. The van der Waals surface area contributed by atoms with Crippen LogP contribution in [0.1, 0.15) is 17.2 Å². The molecule has 0 saturated carbocycles. The van der Waals surface area contributed by atoms with Crippen LogP contribution in [0.3, 0.4) is 0 Å². The van der Waals surface area contributed by atoms with Crippen LogP contribution in [0.25, 0.3) is 0 Å². The van der Waals surface area contributed by atoms with E-state index in [1.807, 2.05) is 48.5 Å². The maximum Gasteiger partial charge on any atom is 0.335 e. The second-order valence-electron chi connectivity index (χ2n) is 5.42. The first-order valence-electron chi connectivity index (χ1n) is 7.77. The third kappa shape index (κ3) is 3.28. The predicted octanol–water partition coefficient (Wildman–Crippen LogP) is 2.76. The van der Waals surface area contributed by atoms with E-state index in [2.05, 4.69) is 4.99 Å². The number of ether oxygens (including phenoxy) is 4. The van der Waals surface area contributed by atoms with E-state index >= 15 is 0 Å². The van der Waals surface area contributed by atoms with Crippen molar-refractivity contribution in [1.82, 2.24) is 0 Å². The lowest BCUT2D eigenvalue weighted by Gasteiger charge is -2.17. The molecule has 0 fully saturated rings. The lowest BCUT2D eigenvalue weighted by atomic mass is 10.0. The molecule has 0 bridgehead atoms. The molecule has 1 aliphatic heterocycles. The summed E-state index contributed by atoms with van der Waals surface area (Å²) in [5.41, 5.74) is 1.47. The maximum absolute atomic E-state index is 12.2. The van der Waals surface area contributed by atoms with E-state index in [9.17, 15) is 4.79 Å². The van der Waals surface area contributed by atoms with Crippen molar-refractivity contribution in [3.8, 4) is 11.5 Å². The van der Waals surface area contributed by atoms with Crippen LogP contribution in [-0.2, 0) is 14.3 Å². The van der Waals surface area contributed by atoms with Gasteiger partial charge in [-0.1, -0.05) is 24.3 Å². The first-order chi connectivity index (χ1) is 12.2. The summed E-state index contributed by atoms with van der Waals surface area (Å²) in [6.07, 6.45) is -0.595. The Balaban J connectivity index is 1.99. The average Bonchev–Trinajstić information content (AvgIpc) is 3.12. The number of nitrogens with zero attached hydrogens (tertiary/aromatic N) is 1. The van der Waals surface area contributed by atoms with E-state index in [4.69, 9.17) is 18.9 Å². The Hall–Kier alpha value is -3.02. The van der Waals surface area contributed by atoms with Crippen LogP contribution in [-0.4, -0.2) is 39.2 Å². The van der Waals surface area contributed by atoms with Crippen LogP contribution in [0.4, 0.5) is 0 Å². The zero-order valence-electron chi connectivity index (χ0n) is 14.3. The molecule has 0 amide bonds. The number of benzene rings is 2. The van der Waals surface area contributed by atoms with Crippen molar-refractivity contribution in [1.29, 1.82) is 0 Å². The summed E-state index contributed by atoms with van der Waals surface area (Å²) in [5, 5.41) is 0. The normalized spacial score (nSPS) is 18.9. The molecule has 25 heavy (non-hydrogen) atoms. The van der Waals surface area contributed by atoms with E-state index < -0.39 is 18.1 Å². The van der Waals surface area contributed by atoms with Gasteiger partial charge in [-0.2, -0.15) is 0 Å². The number of carbonyl (C=O) groups is 1. The van der Waals surface area contributed by atoms with Crippen molar-refractivity contribution in [2.45, 2.75) is 12.1 Å². The van der Waals surface area contributed by atoms with Crippen LogP contribution in [0.5, 0.6) is 11.5 Å². The van der Waals surface area contributed by atoms with Gasteiger partial charge in [0.25, 0.3) is 0 Å². The van der Waals surface area contributed by atoms with Gasteiger partial charge in [0, 0.05) is 0 Å². The molecule has 3 rings (SSSR count). The minimum Gasteiger partial charge on any atom is -0.497 e. The Morgan fingerprint density at radius 3 is 2.56 bits per heavy atom. The van der Waals surface area contributed by atoms with Crippen molar-refractivity contribution in [3.05, 3.63) is 59.7 Å². The van der Waals surface area contributed by atoms with E-state index in [-0.39, 0.29) is 0 Å². The van der Waals surface area contributed by atoms with Gasteiger partial charge in [-0.25, -0.2) is 9.79 Å². The van der Waals surface area contributed by atoms with Gasteiger partial charge in [0.2, 0.25) is 5.90 Å². The molecule has 0 radical (unpaired) electrons. The Morgan fingerprint density at radius 2 is 1.84 bits per heavy atom. The second-order valence-corrected chi connectivity index (χ2v) is 5.42. The average molecular weight is 341 g/mol. The highest BCUT2D eigenvalue weighted by Crippen LogP contribution is 2.35. The molecule has 1 aliphatic rings. The predicted molar refractivity (Wildman–Crippen MR) is 92.2 cm³/mol. The lowest BCUT2D eigenvalue weighted by molar-refractivity contribution is -0.143.